The van der Waals surface area contributed by atoms with Gasteiger partial charge in [-0.2, -0.15) is 0 Å². The van der Waals surface area contributed by atoms with E-state index in [1.54, 1.807) is 68.4 Å². The highest BCUT2D eigenvalue weighted by molar-refractivity contribution is 7.92. The fourth-order valence-electron chi connectivity index (χ4n) is 3.71. The molecule has 0 saturated carbocycles. The molecule has 0 heterocycles. The molecule has 0 aliphatic rings. The third-order valence-electron chi connectivity index (χ3n) is 5.71. The number of carbonyl (C=O) groups is 2. The molecule has 3 rings (SSSR count). The van der Waals surface area contributed by atoms with Crippen LogP contribution in [-0.4, -0.2) is 44.8 Å². The van der Waals surface area contributed by atoms with Crippen LogP contribution in [0.1, 0.15) is 18.1 Å². The van der Waals surface area contributed by atoms with Gasteiger partial charge >= 0.3 is 0 Å². The van der Waals surface area contributed by atoms with Gasteiger partial charge in [0.05, 0.1) is 10.6 Å². The minimum atomic E-state index is -4.15. The summed E-state index contributed by atoms with van der Waals surface area (Å²) in [6.45, 7) is 2.84. The number of nitrogens with one attached hydrogen (secondary N) is 1. The number of halogens is 2. The van der Waals surface area contributed by atoms with Crippen LogP contribution in [0.5, 0.6) is 0 Å². The first kappa shape index (κ1) is 27.5. The Bertz CT molecular complexity index is 1350. The lowest BCUT2D eigenvalue weighted by Gasteiger charge is -2.32. The highest BCUT2D eigenvalue weighted by atomic mass is 35.5. The van der Waals surface area contributed by atoms with E-state index >= 15 is 0 Å². The summed E-state index contributed by atoms with van der Waals surface area (Å²) >= 11 is 12.3. The Kier molecular flexibility index (Phi) is 9.00. The molecule has 1 atom stereocenters. The minimum Gasteiger partial charge on any atom is -0.357 e. The molecule has 0 aromatic heterocycles. The van der Waals surface area contributed by atoms with Crippen molar-refractivity contribution in [2.24, 2.45) is 0 Å². The average molecular weight is 548 g/mol. The zero-order valence-electron chi connectivity index (χ0n) is 20.1. The summed E-state index contributed by atoms with van der Waals surface area (Å²) in [5.74, 6) is -0.952. The lowest BCUT2D eigenvalue weighted by molar-refractivity contribution is -0.139. The fourth-order valence-corrected chi connectivity index (χ4v) is 5.58. The molecule has 2 amide bonds. The molecule has 0 fully saturated rings. The Balaban J connectivity index is 2.07. The lowest BCUT2D eigenvalue weighted by atomic mass is 10.1. The molecular formula is C26H27Cl2N3O4S. The van der Waals surface area contributed by atoms with Crippen molar-refractivity contribution in [2.75, 3.05) is 17.9 Å². The number of likely N-dealkylation sites (N-methyl/N-ethyl adjacent to an activating group) is 1. The van der Waals surface area contributed by atoms with Crippen molar-refractivity contribution in [1.29, 1.82) is 0 Å². The van der Waals surface area contributed by atoms with Gasteiger partial charge in [-0.05, 0) is 61.4 Å². The maximum absolute atomic E-state index is 13.7. The highest BCUT2D eigenvalue weighted by Crippen LogP contribution is 2.30. The molecule has 0 radical (unpaired) electrons. The van der Waals surface area contributed by atoms with Crippen molar-refractivity contribution < 1.29 is 18.0 Å². The summed E-state index contributed by atoms with van der Waals surface area (Å²) in [6.07, 6.45) is 0. The molecule has 10 heteroatoms. The molecule has 36 heavy (non-hydrogen) atoms. The van der Waals surface area contributed by atoms with Crippen molar-refractivity contribution in [3.63, 3.8) is 0 Å². The first-order valence-electron chi connectivity index (χ1n) is 11.1. The Labute approximate surface area is 221 Å². The van der Waals surface area contributed by atoms with Gasteiger partial charge in [-0.15, -0.1) is 0 Å². The lowest BCUT2D eigenvalue weighted by Crippen LogP contribution is -2.50. The van der Waals surface area contributed by atoms with Gasteiger partial charge in [0, 0.05) is 23.6 Å². The van der Waals surface area contributed by atoms with Gasteiger partial charge in [-0.3, -0.25) is 13.9 Å². The van der Waals surface area contributed by atoms with Gasteiger partial charge in [0.1, 0.15) is 12.6 Å². The first-order chi connectivity index (χ1) is 17.0. The third kappa shape index (κ3) is 6.37. The zero-order chi connectivity index (χ0) is 26.5. The van der Waals surface area contributed by atoms with Crippen molar-refractivity contribution >= 4 is 50.7 Å². The molecule has 0 aliphatic carbocycles. The summed E-state index contributed by atoms with van der Waals surface area (Å²) in [5, 5.41) is 3.35. The Morgan fingerprint density at radius 3 is 2.25 bits per heavy atom. The summed E-state index contributed by atoms with van der Waals surface area (Å²) in [6, 6.07) is 18.7. The number of amides is 2. The maximum Gasteiger partial charge on any atom is 0.264 e. The van der Waals surface area contributed by atoms with Crippen LogP contribution in [0.25, 0.3) is 0 Å². The van der Waals surface area contributed by atoms with E-state index < -0.39 is 28.5 Å². The maximum atomic E-state index is 13.7. The van der Waals surface area contributed by atoms with Crippen LogP contribution in [0.3, 0.4) is 0 Å². The molecule has 0 unspecified atom stereocenters. The van der Waals surface area contributed by atoms with E-state index in [0.717, 1.165) is 4.31 Å². The summed E-state index contributed by atoms with van der Waals surface area (Å²) in [5.41, 5.74) is 1.59. The standard InChI is InChI=1S/C26H27Cl2N3O4S/c1-18-12-13-22(28)15-24(18)31(36(34,35)23-10-5-4-6-11-23)17-25(32)30(19(2)26(33)29-3)16-20-8-7-9-21(27)14-20/h4-15,19H,16-17H2,1-3H3,(H,29,33)/t19-/m1/s1. The number of nitrogens with zero attached hydrogens (tertiary/aromatic N) is 2. The molecule has 0 saturated heterocycles. The minimum absolute atomic E-state index is 0.0258. The van der Waals surface area contributed by atoms with Crippen LogP contribution in [0.15, 0.2) is 77.7 Å². The molecule has 7 nitrogen and oxygen atoms in total. The number of hydrogen-bond acceptors (Lipinski definition) is 4. The number of sulfonamides is 1. The first-order valence-corrected chi connectivity index (χ1v) is 13.3. The monoisotopic (exact) mass is 547 g/mol. The van der Waals surface area contributed by atoms with E-state index in [1.807, 2.05) is 0 Å². The molecular weight excluding hydrogens is 521 g/mol. The predicted octanol–water partition coefficient (Wildman–Crippen LogP) is 4.66. The fraction of sp³-hybridized carbons (Fsp3) is 0.231. The SMILES string of the molecule is CNC(=O)[C@@H](C)N(Cc1cccc(Cl)c1)C(=O)CN(c1cc(Cl)ccc1C)S(=O)(=O)c1ccccc1. The van der Waals surface area contributed by atoms with Gasteiger partial charge in [0.2, 0.25) is 11.8 Å². The Morgan fingerprint density at radius 1 is 0.944 bits per heavy atom. The second-order valence-corrected chi connectivity index (χ2v) is 10.9. The smallest absolute Gasteiger partial charge is 0.264 e. The molecule has 0 spiro atoms. The van der Waals surface area contributed by atoms with E-state index in [-0.39, 0.29) is 23.0 Å². The number of carbonyl (C=O) groups excluding carboxylic acids is 2. The molecule has 3 aromatic rings. The van der Waals surface area contributed by atoms with Crippen molar-refractivity contribution in [2.45, 2.75) is 31.3 Å². The van der Waals surface area contributed by atoms with E-state index in [4.69, 9.17) is 23.2 Å². The number of aryl methyl sites for hydroxylation is 1. The van der Waals surface area contributed by atoms with Crippen LogP contribution < -0.4 is 9.62 Å². The molecule has 3 aromatic carbocycles. The van der Waals surface area contributed by atoms with Gasteiger partial charge in [-0.25, -0.2) is 8.42 Å². The van der Waals surface area contributed by atoms with Gasteiger partial charge in [-0.1, -0.05) is 59.6 Å². The number of hydrogen-bond donors (Lipinski definition) is 1. The van der Waals surface area contributed by atoms with E-state index in [2.05, 4.69) is 5.32 Å². The van der Waals surface area contributed by atoms with Crippen molar-refractivity contribution in [3.05, 3.63) is 94.0 Å². The van der Waals surface area contributed by atoms with Crippen LogP contribution >= 0.6 is 23.2 Å². The van der Waals surface area contributed by atoms with E-state index in [1.165, 1.54) is 30.1 Å². The summed E-state index contributed by atoms with van der Waals surface area (Å²) < 4.78 is 28.5. The third-order valence-corrected chi connectivity index (χ3v) is 7.95. The average Bonchev–Trinajstić information content (AvgIpc) is 2.86. The van der Waals surface area contributed by atoms with Crippen molar-refractivity contribution in [1.82, 2.24) is 10.2 Å². The Hall–Kier alpha value is -3.07. The van der Waals surface area contributed by atoms with Crippen LogP contribution in [0.2, 0.25) is 10.0 Å². The van der Waals surface area contributed by atoms with Gasteiger partial charge in [0.15, 0.2) is 0 Å². The normalized spacial score (nSPS) is 12.0. The van der Waals surface area contributed by atoms with Crippen LogP contribution in [-0.2, 0) is 26.2 Å². The predicted molar refractivity (Wildman–Crippen MR) is 143 cm³/mol. The van der Waals surface area contributed by atoms with E-state index in [9.17, 15) is 18.0 Å². The second-order valence-electron chi connectivity index (χ2n) is 8.20. The van der Waals surface area contributed by atoms with Crippen molar-refractivity contribution in [3.8, 4) is 0 Å². The highest BCUT2D eigenvalue weighted by Gasteiger charge is 2.33. The number of anilines is 1. The topological polar surface area (TPSA) is 86.8 Å². The van der Waals surface area contributed by atoms with Gasteiger partial charge in [0.25, 0.3) is 10.0 Å². The summed E-state index contributed by atoms with van der Waals surface area (Å²) in [4.78, 5) is 27.6. The van der Waals surface area contributed by atoms with Crippen LogP contribution in [0, 0.1) is 6.92 Å². The zero-order valence-corrected chi connectivity index (χ0v) is 22.4. The second kappa shape index (κ2) is 11.8. The summed E-state index contributed by atoms with van der Waals surface area (Å²) in [7, 11) is -2.67. The van der Waals surface area contributed by atoms with Gasteiger partial charge < -0.3 is 10.2 Å². The molecule has 1 N–H and O–H groups in total. The van der Waals surface area contributed by atoms with E-state index in [0.29, 0.717) is 21.2 Å². The molecule has 0 aliphatic heterocycles. The molecule has 190 valence electrons. The van der Waals surface area contributed by atoms with Crippen LogP contribution in [0.4, 0.5) is 5.69 Å². The number of benzene rings is 3. The largest absolute Gasteiger partial charge is 0.357 e. The Morgan fingerprint density at radius 2 is 1.61 bits per heavy atom. The quantitative estimate of drug-likeness (QED) is 0.422. The molecule has 0 bridgehead atoms. The number of rotatable bonds is 9.